The number of hydrogen-bond donors (Lipinski definition) is 0. The minimum Gasteiger partial charge on any atom is -0.353 e. The molecule has 132 valence electrons. The van der Waals surface area contributed by atoms with Crippen LogP contribution in [0.15, 0.2) is 24.4 Å². The van der Waals surface area contributed by atoms with E-state index in [1.807, 2.05) is 17.9 Å². The van der Waals surface area contributed by atoms with Crippen molar-refractivity contribution in [2.24, 2.45) is 0 Å². The molecule has 1 amide bonds. The highest BCUT2D eigenvalue weighted by atomic mass is 35.5. The standard InChI is InChI=1S/C18H22ClN5O/c1-12(2)17-21-13(3)10-16(22-17)23-6-8-24(9-7-23)18(25)15-11-14(19)4-5-20-15/h4-5,10-12H,6-9H2,1-3H3. The van der Waals surface area contributed by atoms with Gasteiger partial charge in [0.2, 0.25) is 0 Å². The summed E-state index contributed by atoms with van der Waals surface area (Å²) in [6.45, 7) is 8.91. The third-order valence-corrected chi connectivity index (χ3v) is 4.44. The molecule has 1 aliphatic heterocycles. The van der Waals surface area contributed by atoms with E-state index in [0.717, 1.165) is 30.4 Å². The van der Waals surface area contributed by atoms with Crippen LogP contribution in [0.1, 0.15) is 41.8 Å². The van der Waals surface area contributed by atoms with Crippen molar-refractivity contribution >= 4 is 23.3 Å². The maximum atomic E-state index is 12.6. The molecule has 1 aliphatic rings. The lowest BCUT2D eigenvalue weighted by molar-refractivity contribution is 0.0740. The van der Waals surface area contributed by atoms with Gasteiger partial charge in [0, 0.05) is 55.1 Å². The molecular weight excluding hydrogens is 338 g/mol. The highest BCUT2D eigenvalue weighted by molar-refractivity contribution is 6.30. The summed E-state index contributed by atoms with van der Waals surface area (Å²) in [5.74, 6) is 2.00. The topological polar surface area (TPSA) is 62.2 Å². The zero-order chi connectivity index (χ0) is 18.0. The zero-order valence-corrected chi connectivity index (χ0v) is 15.5. The third kappa shape index (κ3) is 4.07. The van der Waals surface area contributed by atoms with Crippen molar-refractivity contribution in [2.45, 2.75) is 26.7 Å². The molecular formula is C18H22ClN5O. The molecule has 1 saturated heterocycles. The predicted molar refractivity (Wildman–Crippen MR) is 98.2 cm³/mol. The highest BCUT2D eigenvalue weighted by Crippen LogP contribution is 2.19. The predicted octanol–water partition coefficient (Wildman–Crippen LogP) is 2.92. The lowest BCUT2D eigenvalue weighted by Gasteiger charge is -2.35. The fraction of sp³-hybridized carbons (Fsp3) is 0.444. The number of anilines is 1. The first-order chi connectivity index (χ1) is 11.9. The van der Waals surface area contributed by atoms with Crippen LogP contribution in [0, 0.1) is 6.92 Å². The van der Waals surface area contributed by atoms with Crippen molar-refractivity contribution in [1.29, 1.82) is 0 Å². The van der Waals surface area contributed by atoms with Gasteiger partial charge in [0.05, 0.1) is 0 Å². The van der Waals surface area contributed by atoms with Gasteiger partial charge >= 0.3 is 0 Å². The van der Waals surface area contributed by atoms with Crippen LogP contribution in [-0.4, -0.2) is 51.9 Å². The van der Waals surface area contributed by atoms with Crippen molar-refractivity contribution in [1.82, 2.24) is 19.9 Å². The van der Waals surface area contributed by atoms with Crippen molar-refractivity contribution in [2.75, 3.05) is 31.1 Å². The van der Waals surface area contributed by atoms with Crippen molar-refractivity contribution in [3.63, 3.8) is 0 Å². The third-order valence-electron chi connectivity index (χ3n) is 4.21. The normalized spacial score (nSPS) is 14.9. The van der Waals surface area contributed by atoms with Gasteiger partial charge in [-0.05, 0) is 19.1 Å². The van der Waals surface area contributed by atoms with E-state index in [1.165, 1.54) is 0 Å². The molecule has 2 aromatic rings. The number of aromatic nitrogens is 3. The minimum absolute atomic E-state index is 0.0797. The number of halogens is 1. The van der Waals surface area contributed by atoms with Gasteiger partial charge in [0.1, 0.15) is 17.3 Å². The number of carbonyl (C=O) groups is 1. The van der Waals surface area contributed by atoms with Gasteiger partial charge in [-0.2, -0.15) is 0 Å². The van der Waals surface area contributed by atoms with E-state index in [0.29, 0.717) is 23.8 Å². The fourth-order valence-electron chi connectivity index (χ4n) is 2.82. The summed E-state index contributed by atoms with van der Waals surface area (Å²) in [7, 11) is 0. The van der Waals surface area contributed by atoms with Gasteiger partial charge in [-0.25, -0.2) is 9.97 Å². The van der Waals surface area contributed by atoms with Crippen LogP contribution in [0.25, 0.3) is 0 Å². The number of hydrogen-bond acceptors (Lipinski definition) is 5. The molecule has 0 atom stereocenters. The number of rotatable bonds is 3. The second kappa shape index (κ2) is 7.35. The number of aryl methyl sites for hydroxylation is 1. The smallest absolute Gasteiger partial charge is 0.272 e. The van der Waals surface area contributed by atoms with Crippen LogP contribution >= 0.6 is 11.6 Å². The number of piperazine rings is 1. The Morgan fingerprint density at radius 2 is 1.88 bits per heavy atom. The molecule has 0 aliphatic carbocycles. The van der Waals surface area contributed by atoms with Crippen LogP contribution in [0.4, 0.5) is 5.82 Å². The minimum atomic E-state index is -0.0797. The maximum Gasteiger partial charge on any atom is 0.272 e. The molecule has 3 heterocycles. The summed E-state index contributed by atoms with van der Waals surface area (Å²) in [6, 6.07) is 5.28. The Morgan fingerprint density at radius 1 is 1.16 bits per heavy atom. The fourth-order valence-corrected chi connectivity index (χ4v) is 2.98. The second-order valence-electron chi connectivity index (χ2n) is 6.52. The molecule has 25 heavy (non-hydrogen) atoms. The molecule has 7 heteroatoms. The van der Waals surface area contributed by atoms with E-state index in [2.05, 4.69) is 33.7 Å². The summed E-state index contributed by atoms with van der Waals surface area (Å²) in [5, 5.41) is 0.523. The number of carbonyl (C=O) groups excluding carboxylic acids is 1. The first kappa shape index (κ1) is 17.6. The number of amides is 1. The Bertz CT molecular complexity index is 772. The molecule has 2 aromatic heterocycles. The first-order valence-electron chi connectivity index (χ1n) is 8.45. The van der Waals surface area contributed by atoms with Crippen LogP contribution in [0.3, 0.4) is 0 Å². The molecule has 0 spiro atoms. The number of pyridine rings is 1. The van der Waals surface area contributed by atoms with E-state index in [-0.39, 0.29) is 11.8 Å². The molecule has 0 bridgehead atoms. The van der Waals surface area contributed by atoms with Crippen LogP contribution in [0.5, 0.6) is 0 Å². The SMILES string of the molecule is Cc1cc(N2CCN(C(=O)c3cc(Cl)ccn3)CC2)nc(C(C)C)n1. The molecule has 3 rings (SSSR count). The van der Waals surface area contributed by atoms with Crippen LogP contribution < -0.4 is 4.90 Å². The Labute approximate surface area is 152 Å². The summed E-state index contributed by atoms with van der Waals surface area (Å²) in [4.78, 5) is 29.9. The first-order valence-corrected chi connectivity index (χ1v) is 8.83. The molecule has 0 N–H and O–H groups in total. The quantitative estimate of drug-likeness (QED) is 0.843. The second-order valence-corrected chi connectivity index (χ2v) is 6.96. The molecule has 0 radical (unpaired) electrons. The van der Waals surface area contributed by atoms with Crippen LogP contribution in [-0.2, 0) is 0 Å². The van der Waals surface area contributed by atoms with Gasteiger partial charge in [-0.3, -0.25) is 9.78 Å². The Morgan fingerprint density at radius 3 is 2.52 bits per heavy atom. The van der Waals surface area contributed by atoms with Gasteiger partial charge < -0.3 is 9.80 Å². The number of nitrogens with zero attached hydrogens (tertiary/aromatic N) is 5. The average Bonchev–Trinajstić information content (AvgIpc) is 2.60. The zero-order valence-electron chi connectivity index (χ0n) is 14.7. The van der Waals surface area contributed by atoms with Gasteiger partial charge in [0.25, 0.3) is 5.91 Å². The Balaban J connectivity index is 1.69. The largest absolute Gasteiger partial charge is 0.353 e. The molecule has 6 nitrogen and oxygen atoms in total. The van der Waals surface area contributed by atoms with Crippen molar-refractivity contribution in [3.05, 3.63) is 46.6 Å². The van der Waals surface area contributed by atoms with E-state index >= 15 is 0 Å². The average molecular weight is 360 g/mol. The van der Waals surface area contributed by atoms with E-state index in [4.69, 9.17) is 11.6 Å². The van der Waals surface area contributed by atoms with Gasteiger partial charge in [0.15, 0.2) is 0 Å². The molecule has 0 unspecified atom stereocenters. The molecule has 1 fully saturated rings. The monoisotopic (exact) mass is 359 g/mol. The summed E-state index contributed by atoms with van der Waals surface area (Å²) in [5.41, 5.74) is 1.36. The summed E-state index contributed by atoms with van der Waals surface area (Å²) < 4.78 is 0. The van der Waals surface area contributed by atoms with Gasteiger partial charge in [-0.1, -0.05) is 25.4 Å². The van der Waals surface area contributed by atoms with E-state index in [1.54, 1.807) is 18.3 Å². The Kier molecular flexibility index (Phi) is 5.18. The lowest BCUT2D eigenvalue weighted by atomic mass is 10.2. The van der Waals surface area contributed by atoms with E-state index < -0.39 is 0 Å². The Hall–Kier alpha value is -2.21. The molecule has 0 aromatic carbocycles. The van der Waals surface area contributed by atoms with Crippen LogP contribution in [0.2, 0.25) is 5.02 Å². The van der Waals surface area contributed by atoms with Crippen molar-refractivity contribution < 1.29 is 4.79 Å². The molecule has 0 saturated carbocycles. The maximum absolute atomic E-state index is 12.6. The lowest BCUT2D eigenvalue weighted by Crippen LogP contribution is -2.49. The summed E-state index contributed by atoms with van der Waals surface area (Å²) >= 11 is 5.95. The summed E-state index contributed by atoms with van der Waals surface area (Å²) in [6.07, 6.45) is 1.56. The highest BCUT2D eigenvalue weighted by Gasteiger charge is 2.24. The van der Waals surface area contributed by atoms with E-state index in [9.17, 15) is 4.79 Å². The van der Waals surface area contributed by atoms with Gasteiger partial charge in [-0.15, -0.1) is 0 Å². The van der Waals surface area contributed by atoms with Crippen molar-refractivity contribution in [3.8, 4) is 0 Å².